The fourth-order valence-electron chi connectivity index (χ4n) is 1.69. The highest BCUT2D eigenvalue weighted by atomic mass is 32.2. The molecule has 0 saturated carbocycles. The van der Waals surface area contributed by atoms with E-state index in [0.717, 1.165) is 17.3 Å². The van der Waals surface area contributed by atoms with Gasteiger partial charge in [-0.1, -0.05) is 62.9 Å². The van der Waals surface area contributed by atoms with E-state index in [0.29, 0.717) is 0 Å². The zero-order valence-electron chi connectivity index (χ0n) is 15.0. The van der Waals surface area contributed by atoms with Gasteiger partial charge >= 0.3 is 12.1 Å². The fourth-order valence-corrected chi connectivity index (χ4v) is 2.66. The molecule has 1 atom stereocenters. The van der Waals surface area contributed by atoms with Crippen LogP contribution in [0.25, 0.3) is 0 Å². The molecule has 1 rings (SSSR count). The first kappa shape index (κ1) is 21.0. The summed E-state index contributed by atoms with van der Waals surface area (Å²) in [4.78, 5) is 36.0. The highest BCUT2D eigenvalue weighted by Crippen LogP contribution is 2.23. The van der Waals surface area contributed by atoms with E-state index in [1.807, 2.05) is 30.3 Å². The fraction of sp³-hybridized carbons (Fsp3) is 0.500. The molecule has 1 aromatic rings. The van der Waals surface area contributed by atoms with Gasteiger partial charge in [0.15, 0.2) is 5.12 Å². The van der Waals surface area contributed by atoms with Gasteiger partial charge in [-0.05, 0) is 12.5 Å². The van der Waals surface area contributed by atoms with Gasteiger partial charge in [-0.25, -0.2) is 9.59 Å². The summed E-state index contributed by atoms with van der Waals surface area (Å²) in [5.74, 6) is -0.520. The second-order valence-corrected chi connectivity index (χ2v) is 7.35. The van der Waals surface area contributed by atoms with Crippen molar-refractivity contribution in [1.82, 2.24) is 5.32 Å². The van der Waals surface area contributed by atoms with Gasteiger partial charge in [0.1, 0.15) is 12.6 Å². The van der Waals surface area contributed by atoms with Gasteiger partial charge in [-0.15, -0.1) is 0 Å². The summed E-state index contributed by atoms with van der Waals surface area (Å²) in [5.41, 5.74) is 0.303. The smallest absolute Gasteiger partial charge is 0.407 e. The van der Waals surface area contributed by atoms with Crippen molar-refractivity contribution < 1.29 is 23.9 Å². The van der Waals surface area contributed by atoms with Gasteiger partial charge in [0, 0.05) is 11.2 Å². The van der Waals surface area contributed by atoms with Crippen molar-refractivity contribution in [2.45, 2.75) is 40.3 Å². The molecule has 0 saturated heterocycles. The maximum atomic E-state index is 12.3. The van der Waals surface area contributed by atoms with Crippen molar-refractivity contribution in [2.24, 2.45) is 5.41 Å². The molecule has 0 radical (unpaired) electrons. The number of alkyl carbamates (subject to hydrolysis) is 1. The van der Waals surface area contributed by atoms with Crippen LogP contribution in [0.3, 0.4) is 0 Å². The van der Waals surface area contributed by atoms with Crippen molar-refractivity contribution in [1.29, 1.82) is 0 Å². The maximum Gasteiger partial charge on any atom is 0.407 e. The first-order valence-corrected chi connectivity index (χ1v) is 9.03. The lowest BCUT2D eigenvalue weighted by Crippen LogP contribution is -2.44. The first-order chi connectivity index (χ1) is 11.7. The van der Waals surface area contributed by atoms with Crippen LogP contribution in [-0.4, -0.2) is 35.6 Å². The van der Waals surface area contributed by atoms with Gasteiger partial charge in [-0.3, -0.25) is 4.79 Å². The Morgan fingerprint density at radius 2 is 1.76 bits per heavy atom. The zero-order valence-corrected chi connectivity index (χ0v) is 15.9. The first-order valence-electron chi connectivity index (χ1n) is 8.05. The molecule has 0 aliphatic heterocycles. The molecule has 1 aromatic carbocycles. The number of benzene rings is 1. The number of nitrogens with one attached hydrogen (secondary N) is 1. The number of ether oxygens (including phenoxy) is 2. The number of thioether (sulfide) groups is 1. The molecular weight excluding hydrogens is 342 g/mol. The van der Waals surface area contributed by atoms with E-state index in [4.69, 9.17) is 9.47 Å². The van der Waals surface area contributed by atoms with Crippen molar-refractivity contribution in [2.75, 3.05) is 12.4 Å². The van der Waals surface area contributed by atoms with Crippen LogP contribution in [0.2, 0.25) is 0 Å². The van der Waals surface area contributed by atoms with Gasteiger partial charge in [0.2, 0.25) is 0 Å². The molecule has 0 heterocycles. The van der Waals surface area contributed by atoms with Crippen LogP contribution >= 0.6 is 11.8 Å². The van der Waals surface area contributed by atoms with Crippen LogP contribution in [0, 0.1) is 5.41 Å². The lowest BCUT2D eigenvalue weighted by molar-refractivity contribution is -0.146. The molecule has 0 unspecified atom stereocenters. The summed E-state index contributed by atoms with van der Waals surface area (Å²) in [6, 6.07) is 8.26. The van der Waals surface area contributed by atoms with E-state index < -0.39 is 23.5 Å². The highest BCUT2D eigenvalue weighted by molar-refractivity contribution is 8.13. The van der Waals surface area contributed by atoms with E-state index in [2.05, 4.69) is 5.32 Å². The standard InChI is InChI=1S/C18H25NO5S/c1-5-23-17(22)19-14(12-25-16(21)18(2,3)4)15(20)24-11-13-9-7-6-8-10-13/h6-10,14H,5,11-12H2,1-4H3,(H,19,22)/t14-/m0/s1. The van der Waals surface area contributed by atoms with Gasteiger partial charge < -0.3 is 14.8 Å². The molecule has 138 valence electrons. The Hall–Kier alpha value is -2.02. The molecule has 25 heavy (non-hydrogen) atoms. The molecule has 0 spiro atoms. The Morgan fingerprint density at radius 1 is 1.12 bits per heavy atom. The monoisotopic (exact) mass is 367 g/mol. The maximum absolute atomic E-state index is 12.3. The average Bonchev–Trinajstić information content (AvgIpc) is 2.56. The van der Waals surface area contributed by atoms with Crippen molar-refractivity contribution in [3.05, 3.63) is 35.9 Å². The van der Waals surface area contributed by atoms with Gasteiger partial charge in [0.25, 0.3) is 0 Å². The number of esters is 1. The molecule has 0 bridgehead atoms. The Balaban J connectivity index is 2.66. The van der Waals surface area contributed by atoms with Gasteiger partial charge in [0.05, 0.1) is 6.61 Å². The molecule has 0 aliphatic rings. The summed E-state index contributed by atoms with van der Waals surface area (Å²) in [7, 11) is 0. The third-order valence-electron chi connectivity index (χ3n) is 3.07. The van der Waals surface area contributed by atoms with E-state index in [1.54, 1.807) is 27.7 Å². The van der Waals surface area contributed by atoms with Crippen LogP contribution in [0.1, 0.15) is 33.3 Å². The number of rotatable bonds is 7. The lowest BCUT2D eigenvalue weighted by atomic mass is 10.00. The predicted molar refractivity (Wildman–Crippen MR) is 97.1 cm³/mol. The summed E-state index contributed by atoms with van der Waals surface area (Å²) < 4.78 is 10.1. The summed E-state index contributed by atoms with van der Waals surface area (Å²) in [5, 5.41) is 2.38. The summed E-state index contributed by atoms with van der Waals surface area (Å²) in [6.07, 6.45) is -0.715. The number of carbonyl (C=O) groups excluding carboxylic acids is 3. The molecule has 0 aliphatic carbocycles. The number of carbonyl (C=O) groups is 3. The van der Waals surface area contributed by atoms with E-state index in [9.17, 15) is 14.4 Å². The summed E-state index contributed by atoms with van der Waals surface area (Å²) >= 11 is 0.992. The third kappa shape index (κ3) is 8.07. The number of hydrogen-bond acceptors (Lipinski definition) is 6. The van der Waals surface area contributed by atoms with Crippen LogP contribution in [0.4, 0.5) is 4.79 Å². The van der Waals surface area contributed by atoms with E-state index in [1.165, 1.54) is 0 Å². The van der Waals surface area contributed by atoms with Crippen molar-refractivity contribution in [3.63, 3.8) is 0 Å². The second-order valence-electron chi connectivity index (χ2n) is 6.36. The van der Waals surface area contributed by atoms with Gasteiger partial charge in [-0.2, -0.15) is 0 Å². The lowest BCUT2D eigenvalue weighted by Gasteiger charge is -2.20. The largest absolute Gasteiger partial charge is 0.459 e. The Kier molecular flexibility index (Phi) is 8.48. The minimum absolute atomic E-state index is 0.0704. The zero-order chi connectivity index (χ0) is 18.9. The predicted octanol–water partition coefficient (Wildman–Crippen LogP) is 3.15. The third-order valence-corrected chi connectivity index (χ3v) is 4.44. The highest BCUT2D eigenvalue weighted by Gasteiger charge is 2.28. The normalized spacial score (nSPS) is 12.2. The number of amides is 1. The second kappa shape index (κ2) is 10.1. The summed E-state index contributed by atoms with van der Waals surface area (Å²) in [6.45, 7) is 7.34. The van der Waals surface area contributed by atoms with Crippen LogP contribution < -0.4 is 5.32 Å². The Labute approximate surface area is 152 Å². The number of hydrogen-bond donors (Lipinski definition) is 1. The van der Waals surface area contributed by atoms with Crippen LogP contribution in [0.15, 0.2) is 30.3 Å². The van der Waals surface area contributed by atoms with E-state index in [-0.39, 0.29) is 24.1 Å². The minimum atomic E-state index is -0.959. The molecular formula is C18H25NO5S. The SMILES string of the molecule is CCOC(=O)N[C@@H](CSC(=O)C(C)(C)C)C(=O)OCc1ccccc1. The molecule has 1 N–H and O–H groups in total. The van der Waals surface area contributed by atoms with Crippen molar-refractivity contribution >= 4 is 28.9 Å². The molecule has 1 amide bonds. The molecule has 6 nitrogen and oxygen atoms in total. The Morgan fingerprint density at radius 3 is 2.32 bits per heavy atom. The quantitative estimate of drug-likeness (QED) is 0.746. The Bertz CT molecular complexity index is 583. The molecule has 7 heteroatoms. The minimum Gasteiger partial charge on any atom is -0.459 e. The average molecular weight is 367 g/mol. The molecule has 0 aromatic heterocycles. The topological polar surface area (TPSA) is 81.7 Å². The van der Waals surface area contributed by atoms with Crippen LogP contribution in [-0.2, 0) is 25.7 Å². The van der Waals surface area contributed by atoms with Crippen molar-refractivity contribution in [3.8, 4) is 0 Å². The van der Waals surface area contributed by atoms with E-state index >= 15 is 0 Å². The molecule has 0 fully saturated rings. The van der Waals surface area contributed by atoms with Crippen LogP contribution in [0.5, 0.6) is 0 Å².